The minimum atomic E-state index is -0.466. The smallest absolute Gasteiger partial charge is 0.311 e. The van der Waals surface area contributed by atoms with Gasteiger partial charge in [-0.3, -0.25) is 10.1 Å². The third-order valence-corrected chi connectivity index (χ3v) is 2.05. The van der Waals surface area contributed by atoms with Crippen molar-refractivity contribution in [2.45, 2.75) is 6.42 Å². The van der Waals surface area contributed by atoms with Crippen LogP contribution >= 0.6 is 0 Å². The molecule has 16 heavy (non-hydrogen) atoms. The van der Waals surface area contributed by atoms with Crippen molar-refractivity contribution in [1.29, 1.82) is 0 Å². The molecule has 0 saturated heterocycles. The molecule has 1 N–H and O–H groups in total. The number of anilines is 1. The molecule has 0 aliphatic carbocycles. The minimum absolute atomic E-state index is 0.0308. The zero-order chi connectivity index (χ0) is 12.0. The quantitative estimate of drug-likeness (QED) is 0.348. The van der Waals surface area contributed by atoms with Gasteiger partial charge in [0.15, 0.2) is 5.75 Å². The fraction of sp³-hybridized carbons (Fsp3) is 0.273. The summed E-state index contributed by atoms with van der Waals surface area (Å²) in [7, 11) is 1.41. The number of methoxy groups -OCH3 is 1. The molecular weight excluding hydrogens is 208 g/mol. The van der Waals surface area contributed by atoms with Crippen LogP contribution in [-0.2, 0) is 0 Å². The van der Waals surface area contributed by atoms with Gasteiger partial charge in [-0.2, -0.15) is 0 Å². The van der Waals surface area contributed by atoms with E-state index in [0.717, 1.165) is 18.7 Å². The SMILES string of the molecule is C=CCCNc1ccc([N+](=O)[O-])c(OC)c1. The van der Waals surface area contributed by atoms with Crippen molar-refractivity contribution in [1.82, 2.24) is 0 Å². The highest BCUT2D eigenvalue weighted by Crippen LogP contribution is 2.29. The summed E-state index contributed by atoms with van der Waals surface area (Å²) in [6.45, 7) is 4.35. The van der Waals surface area contributed by atoms with Gasteiger partial charge in [-0.1, -0.05) is 6.08 Å². The first kappa shape index (κ1) is 12.0. The van der Waals surface area contributed by atoms with E-state index in [0.29, 0.717) is 0 Å². The highest BCUT2D eigenvalue weighted by atomic mass is 16.6. The third kappa shape index (κ3) is 2.98. The minimum Gasteiger partial charge on any atom is -0.490 e. The van der Waals surface area contributed by atoms with Crippen LogP contribution in [-0.4, -0.2) is 18.6 Å². The molecule has 5 nitrogen and oxygen atoms in total. The van der Waals surface area contributed by atoms with Crippen molar-refractivity contribution in [2.75, 3.05) is 19.0 Å². The number of benzene rings is 1. The van der Waals surface area contributed by atoms with Gasteiger partial charge in [0.05, 0.1) is 12.0 Å². The van der Waals surface area contributed by atoms with Crippen LogP contribution in [0, 0.1) is 10.1 Å². The van der Waals surface area contributed by atoms with Crippen LogP contribution in [0.1, 0.15) is 6.42 Å². The Bertz CT molecular complexity index is 391. The number of nitrogens with one attached hydrogen (secondary N) is 1. The molecule has 1 rings (SSSR count). The number of nitro benzene ring substituents is 1. The predicted octanol–water partition coefficient (Wildman–Crippen LogP) is 2.59. The van der Waals surface area contributed by atoms with Gasteiger partial charge in [-0.25, -0.2) is 0 Å². The van der Waals surface area contributed by atoms with E-state index < -0.39 is 4.92 Å². The Kier molecular flexibility index (Phi) is 4.32. The number of nitro groups is 1. The Labute approximate surface area is 93.9 Å². The number of hydrogen-bond acceptors (Lipinski definition) is 4. The summed E-state index contributed by atoms with van der Waals surface area (Å²) in [5.41, 5.74) is 0.765. The van der Waals surface area contributed by atoms with Crippen LogP contribution in [0.25, 0.3) is 0 Å². The molecule has 0 aliphatic rings. The van der Waals surface area contributed by atoms with Gasteiger partial charge in [0, 0.05) is 24.4 Å². The molecule has 1 aromatic carbocycles. The molecule has 0 radical (unpaired) electrons. The molecule has 5 heteroatoms. The largest absolute Gasteiger partial charge is 0.490 e. The Morgan fingerprint density at radius 1 is 1.62 bits per heavy atom. The van der Waals surface area contributed by atoms with Crippen molar-refractivity contribution in [2.24, 2.45) is 0 Å². The van der Waals surface area contributed by atoms with Crippen LogP contribution in [0.4, 0.5) is 11.4 Å². The van der Waals surface area contributed by atoms with Gasteiger partial charge in [0.2, 0.25) is 0 Å². The fourth-order valence-corrected chi connectivity index (χ4v) is 1.26. The summed E-state index contributed by atoms with van der Waals surface area (Å²) in [5, 5.41) is 13.8. The third-order valence-electron chi connectivity index (χ3n) is 2.05. The van der Waals surface area contributed by atoms with Gasteiger partial charge in [0.1, 0.15) is 0 Å². The van der Waals surface area contributed by atoms with Gasteiger partial charge in [0.25, 0.3) is 0 Å². The lowest BCUT2D eigenvalue weighted by Gasteiger charge is -2.07. The monoisotopic (exact) mass is 222 g/mol. The molecular formula is C11H14N2O3. The van der Waals surface area contributed by atoms with Crippen LogP contribution in [0.3, 0.4) is 0 Å². The van der Waals surface area contributed by atoms with Gasteiger partial charge < -0.3 is 10.1 Å². The van der Waals surface area contributed by atoms with Crippen LogP contribution in [0.5, 0.6) is 5.75 Å². The Balaban J connectivity index is 2.82. The van der Waals surface area contributed by atoms with Crippen LogP contribution in [0.15, 0.2) is 30.9 Å². The molecule has 86 valence electrons. The molecule has 0 bridgehead atoms. The second kappa shape index (κ2) is 5.75. The molecule has 0 spiro atoms. The maximum atomic E-state index is 10.6. The lowest BCUT2D eigenvalue weighted by Crippen LogP contribution is -2.01. The van der Waals surface area contributed by atoms with E-state index in [-0.39, 0.29) is 11.4 Å². The number of nitrogens with zero attached hydrogens (tertiary/aromatic N) is 1. The zero-order valence-electron chi connectivity index (χ0n) is 9.10. The van der Waals surface area contributed by atoms with Crippen molar-refractivity contribution >= 4 is 11.4 Å². The highest BCUT2D eigenvalue weighted by Gasteiger charge is 2.14. The first-order valence-electron chi connectivity index (χ1n) is 4.86. The first-order valence-corrected chi connectivity index (χ1v) is 4.86. The zero-order valence-corrected chi connectivity index (χ0v) is 9.10. The van der Waals surface area contributed by atoms with E-state index in [1.807, 2.05) is 0 Å². The molecule has 0 heterocycles. The van der Waals surface area contributed by atoms with E-state index in [9.17, 15) is 10.1 Å². The lowest BCUT2D eigenvalue weighted by atomic mass is 10.2. The number of rotatable bonds is 6. The summed E-state index contributed by atoms with van der Waals surface area (Å²) in [6.07, 6.45) is 2.63. The summed E-state index contributed by atoms with van der Waals surface area (Å²) in [4.78, 5) is 10.2. The van der Waals surface area contributed by atoms with E-state index in [4.69, 9.17) is 4.74 Å². The second-order valence-corrected chi connectivity index (χ2v) is 3.15. The van der Waals surface area contributed by atoms with Crippen molar-refractivity contribution in [3.05, 3.63) is 41.0 Å². The van der Waals surface area contributed by atoms with Gasteiger partial charge in [-0.15, -0.1) is 6.58 Å². The van der Waals surface area contributed by atoms with Gasteiger partial charge in [-0.05, 0) is 12.5 Å². The lowest BCUT2D eigenvalue weighted by molar-refractivity contribution is -0.385. The molecule has 0 saturated carbocycles. The highest BCUT2D eigenvalue weighted by molar-refractivity contribution is 5.57. The Morgan fingerprint density at radius 3 is 2.94 bits per heavy atom. The normalized spacial score (nSPS) is 9.56. The molecule has 0 aromatic heterocycles. The second-order valence-electron chi connectivity index (χ2n) is 3.15. The molecule has 1 aromatic rings. The fourth-order valence-electron chi connectivity index (χ4n) is 1.26. The summed E-state index contributed by atoms with van der Waals surface area (Å²) < 4.78 is 4.95. The Hall–Kier alpha value is -2.04. The van der Waals surface area contributed by atoms with E-state index >= 15 is 0 Å². The summed E-state index contributed by atoms with van der Waals surface area (Å²) >= 11 is 0. The maximum Gasteiger partial charge on any atom is 0.311 e. The summed E-state index contributed by atoms with van der Waals surface area (Å²) in [5.74, 6) is 0.258. The molecule has 0 fully saturated rings. The molecule has 0 amide bonds. The van der Waals surface area contributed by atoms with E-state index in [1.165, 1.54) is 13.2 Å². The average Bonchev–Trinajstić information content (AvgIpc) is 2.29. The number of ether oxygens (including phenoxy) is 1. The summed E-state index contributed by atoms with van der Waals surface area (Å²) in [6, 6.07) is 4.69. The first-order chi connectivity index (χ1) is 7.69. The van der Waals surface area contributed by atoms with Crippen LogP contribution < -0.4 is 10.1 Å². The Morgan fingerprint density at radius 2 is 2.38 bits per heavy atom. The topological polar surface area (TPSA) is 64.4 Å². The maximum absolute atomic E-state index is 10.6. The van der Waals surface area contributed by atoms with E-state index in [2.05, 4.69) is 11.9 Å². The predicted molar refractivity (Wildman–Crippen MR) is 63.0 cm³/mol. The standard InChI is InChI=1S/C11H14N2O3/c1-3-4-7-12-9-5-6-10(13(14)15)11(8-9)16-2/h3,5-6,8,12H,1,4,7H2,2H3. The average molecular weight is 222 g/mol. The molecule has 0 atom stereocenters. The van der Waals surface area contributed by atoms with E-state index in [1.54, 1.807) is 18.2 Å². The number of hydrogen-bond donors (Lipinski definition) is 1. The van der Waals surface area contributed by atoms with Crippen molar-refractivity contribution in [3.63, 3.8) is 0 Å². The molecule has 0 aliphatic heterocycles. The van der Waals surface area contributed by atoms with Crippen molar-refractivity contribution in [3.8, 4) is 5.75 Å². The van der Waals surface area contributed by atoms with Crippen LogP contribution in [0.2, 0.25) is 0 Å². The van der Waals surface area contributed by atoms with Crippen molar-refractivity contribution < 1.29 is 9.66 Å². The van der Waals surface area contributed by atoms with Gasteiger partial charge >= 0.3 is 5.69 Å². The molecule has 0 unspecified atom stereocenters.